The van der Waals surface area contributed by atoms with Crippen LogP contribution in [0.25, 0.3) is 0 Å². The molecule has 0 bridgehead atoms. The molecule has 0 aromatic rings. The van der Waals surface area contributed by atoms with E-state index in [0.717, 1.165) is 0 Å². The first-order chi connectivity index (χ1) is 6.25. The third-order valence-electron chi connectivity index (χ3n) is 1.02. The first-order valence-electron chi connectivity index (χ1n) is 4.31. The molecular weight excluding hydrogens is 243 g/mol. The van der Waals surface area contributed by atoms with Gasteiger partial charge >= 0.3 is 23.1 Å². The normalized spacial score (nSPS) is 7.73. The Labute approximate surface area is 99.7 Å². The number of carbonyl (C=O) groups excluding carboxylic acids is 4. The van der Waals surface area contributed by atoms with E-state index in [1.807, 2.05) is 0 Å². The number of rotatable bonds is 4. The molecule has 0 unspecified atom stereocenters. The van der Waals surface area contributed by atoms with Crippen molar-refractivity contribution in [2.24, 2.45) is 0 Å². The van der Waals surface area contributed by atoms with Gasteiger partial charge in [0.05, 0.1) is 0 Å². The summed E-state index contributed by atoms with van der Waals surface area (Å²) < 4.78 is 0. The molecule has 0 aliphatic rings. The Kier molecular flexibility index (Phi) is 14.8. The van der Waals surface area contributed by atoms with Crippen LogP contribution in [0.2, 0.25) is 0 Å². The third kappa shape index (κ3) is 32.0. The molecule has 0 aliphatic carbocycles. The molecule has 5 heteroatoms. The van der Waals surface area contributed by atoms with Crippen molar-refractivity contribution >= 4 is 23.1 Å². The van der Waals surface area contributed by atoms with Gasteiger partial charge in [-0.25, -0.2) is 0 Å². The third-order valence-corrected chi connectivity index (χ3v) is 1.02. The molecule has 0 heterocycles. The van der Waals surface area contributed by atoms with Crippen LogP contribution in [0, 0.1) is 0 Å². The number of ketones is 4. The van der Waals surface area contributed by atoms with Gasteiger partial charge in [-0.3, -0.25) is 19.2 Å². The Bertz CT molecular complexity index is 196. The van der Waals surface area contributed by atoms with Gasteiger partial charge in [0.15, 0.2) is 12.8 Å². The maximum atomic E-state index is 8.46. The fraction of sp³-hybridized carbons (Fsp3) is 0.600. The van der Waals surface area contributed by atoms with Crippen LogP contribution in [0.15, 0.2) is 0 Å². The predicted molar refractivity (Wildman–Crippen MR) is 59.7 cm³/mol. The van der Waals surface area contributed by atoms with Crippen molar-refractivity contribution in [3.8, 4) is 0 Å². The van der Waals surface area contributed by atoms with E-state index in [2.05, 4.69) is 0 Å². The second-order valence-electron chi connectivity index (χ2n) is 3.29. The van der Waals surface area contributed by atoms with Crippen molar-refractivity contribution in [2.45, 2.75) is 40.5 Å². The van der Waals surface area contributed by atoms with Gasteiger partial charge in [0.1, 0.15) is 0 Å². The number of hydrogen-bond donors (Lipinski definition) is 0. The molecule has 0 fully saturated rings. The van der Waals surface area contributed by atoms with Crippen LogP contribution < -0.4 is 0 Å². The molecule has 0 aromatic carbocycles. The first kappa shape index (κ1) is 19.7. The van der Waals surface area contributed by atoms with E-state index >= 15 is 0 Å². The zero-order valence-corrected chi connectivity index (χ0v) is 10.5. The molecule has 4 nitrogen and oxygen atoms in total. The molecule has 4 N–H and O–H groups in total. The maximum absolute atomic E-state index is 8.46. The topological polar surface area (TPSA) is 85.6 Å². The molecule has 15 heavy (non-hydrogen) atoms. The van der Waals surface area contributed by atoms with Gasteiger partial charge in [-0.2, -0.15) is 0 Å². The summed E-state index contributed by atoms with van der Waals surface area (Å²) in [4.78, 5) is 33.8. The molecule has 0 aromatic heterocycles. The summed E-state index contributed by atoms with van der Waals surface area (Å²) in [5, 5.41) is 0. The molecule has 0 radical (unpaired) electrons. The Hall–Kier alpha value is -0.826. The monoisotopic (exact) mass is 262 g/mol. The van der Waals surface area contributed by atoms with Crippen LogP contribution in [0.1, 0.15) is 40.5 Å². The second kappa shape index (κ2) is 11.2. The maximum Gasteiger partial charge on any atom is 0.302 e. The van der Waals surface area contributed by atoms with Crippen LogP contribution in [0.4, 0.5) is 0 Å². The minimum atomic E-state index is 0. The van der Waals surface area contributed by atoms with E-state index in [1.54, 1.807) is 27.7 Å². The zero-order valence-electron chi connectivity index (χ0n) is 9.52. The SMILES string of the molecule is CC(=[OH+])CC(C)=[OH+].CC(=[OH+])CC(C)=[OH+].[Ni]. The molecule has 0 amide bonds. The zero-order chi connectivity index (χ0) is 11.7. The Balaban J connectivity index is -0.000000180. The molecule has 0 aliphatic heterocycles. The minimum Gasteiger partial charge on any atom is -0.283 e. The first-order valence-corrected chi connectivity index (χ1v) is 4.31. The van der Waals surface area contributed by atoms with Crippen molar-refractivity contribution in [1.82, 2.24) is 0 Å². The summed E-state index contributed by atoms with van der Waals surface area (Å²) in [6.07, 6.45) is 0.611. The molecule has 0 saturated carbocycles. The van der Waals surface area contributed by atoms with Crippen molar-refractivity contribution in [3.05, 3.63) is 0 Å². The molecule has 0 spiro atoms. The molecule has 0 rings (SSSR count). The van der Waals surface area contributed by atoms with Gasteiger partial charge in [0.25, 0.3) is 0 Å². The fourth-order valence-corrected chi connectivity index (χ4v) is 0.740. The molecule has 0 saturated heterocycles. The average molecular weight is 263 g/mol. The van der Waals surface area contributed by atoms with E-state index in [9.17, 15) is 0 Å². The van der Waals surface area contributed by atoms with Crippen molar-refractivity contribution in [1.29, 1.82) is 0 Å². The summed E-state index contributed by atoms with van der Waals surface area (Å²) in [7, 11) is 0. The number of hydrogen-bond acceptors (Lipinski definition) is 0. The van der Waals surface area contributed by atoms with Crippen molar-refractivity contribution < 1.29 is 35.7 Å². The van der Waals surface area contributed by atoms with Gasteiger partial charge in [-0.1, -0.05) is 0 Å². The predicted octanol–water partition coefficient (Wildman–Crippen LogP) is 1.01. The van der Waals surface area contributed by atoms with Crippen LogP contribution in [-0.2, 0) is 16.5 Å². The molecule has 90 valence electrons. The van der Waals surface area contributed by atoms with Crippen LogP contribution >= 0.6 is 0 Å². The van der Waals surface area contributed by atoms with E-state index in [4.69, 9.17) is 19.2 Å². The minimum absolute atomic E-state index is 0. The summed E-state index contributed by atoms with van der Waals surface area (Å²) in [5.41, 5.74) is 0. The Morgan fingerprint density at radius 2 is 0.733 bits per heavy atom. The van der Waals surface area contributed by atoms with E-state index in [-0.39, 0.29) is 39.6 Å². The average Bonchev–Trinajstić information content (AvgIpc) is 1.79. The summed E-state index contributed by atoms with van der Waals surface area (Å²) in [6, 6.07) is 0. The quantitative estimate of drug-likeness (QED) is 0.411. The van der Waals surface area contributed by atoms with Crippen LogP contribution in [-0.4, -0.2) is 42.3 Å². The largest absolute Gasteiger partial charge is 0.302 e. The van der Waals surface area contributed by atoms with E-state index in [0.29, 0.717) is 12.8 Å². The standard InChI is InChI=1S/2C5H8O2.Ni/c2*1-4(6)3-5(2)7;/h2*3H2,1-2H3;/p+4. The van der Waals surface area contributed by atoms with Gasteiger partial charge in [-0.15, -0.1) is 0 Å². The molecule has 0 atom stereocenters. The second-order valence-corrected chi connectivity index (χ2v) is 3.29. The van der Waals surface area contributed by atoms with E-state index < -0.39 is 0 Å². The Morgan fingerprint density at radius 1 is 0.600 bits per heavy atom. The van der Waals surface area contributed by atoms with E-state index in [1.165, 1.54) is 0 Å². The Morgan fingerprint density at radius 3 is 0.733 bits per heavy atom. The van der Waals surface area contributed by atoms with Crippen LogP contribution in [0.3, 0.4) is 0 Å². The van der Waals surface area contributed by atoms with Crippen molar-refractivity contribution in [3.63, 3.8) is 0 Å². The summed E-state index contributed by atoms with van der Waals surface area (Å²) in [6.45, 7) is 6.22. The van der Waals surface area contributed by atoms with Gasteiger partial charge in [-0.05, 0) is 0 Å². The fourth-order valence-electron chi connectivity index (χ4n) is 0.740. The van der Waals surface area contributed by atoms with Crippen LogP contribution in [0.5, 0.6) is 0 Å². The van der Waals surface area contributed by atoms with Gasteiger partial charge in [0.2, 0.25) is 0 Å². The molecular formula is C10H20NiO4+4. The summed E-state index contributed by atoms with van der Waals surface area (Å²) in [5.74, 6) is 1.00. The smallest absolute Gasteiger partial charge is 0.283 e. The van der Waals surface area contributed by atoms with Gasteiger partial charge < -0.3 is 0 Å². The summed E-state index contributed by atoms with van der Waals surface area (Å²) >= 11 is 0. The van der Waals surface area contributed by atoms with Gasteiger partial charge in [0, 0.05) is 44.2 Å². The van der Waals surface area contributed by atoms with Crippen molar-refractivity contribution in [2.75, 3.05) is 0 Å².